The van der Waals surface area contributed by atoms with E-state index < -0.39 is 0 Å². The van der Waals surface area contributed by atoms with E-state index in [4.69, 9.17) is 9.51 Å². The zero-order chi connectivity index (χ0) is 25.8. The molecular weight excluding hydrogens is 460 g/mol. The molecule has 6 nitrogen and oxygen atoms in total. The van der Waals surface area contributed by atoms with Gasteiger partial charge in [-0.1, -0.05) is 96.5 Å². The molecule has 0 fully saturated rings. The molecule has 1 atom stereocenters. The lowest BCUT2D eigenvalue weighted by atomic mass is 9.93. The molecule has 0 spiro atoms. The summed E-state index contributed by atoms with van der Waals surface area (Å²) in [4.78, 5) is 19.9. The maximum atomic E-state index is 13.3. The Labute approximate surface area is 218 Å². The highest BCUT2D eigenvalue weighted by Gasteiger charge is 2.35. The highest BCUT2D eigenvalue weighted by Crippen LogP contribution is 2.37. The number of aromatic nitrogens is 2. The molecule has 1 aliphatic rings. The monoisotopic (exact) mass is 492 g/mol. The van der Waals surface area contributed by atoms with Gasteiger partial charge in [-0.15, -0.1) is 0 Å². The number of hydrogen-bond donors (Lipinski definition) is 1. The van der Waals surface area contributed by atoms with Crippen LogP contribution in [0.3, 0.4) is 0 Å². The highest BCUT2D eigenvalue weighted by molar-refractivity contribution is 5.86. The van der Waals surface area contributed by atoms with Crippen molar-refractivity contribution in [1.29, 1.82) is 0 Å². The van der Waals surface area contributed by atoms with Crippen molar-refractivity contribution in [2.24, 2.45) is 0 Å². The summed E-state index contributed by atoms with van der Waals surface area (Å²) in [7, 11) is 0. The van der Waals surface area contributed by atoms with E-state index in [-0.39, 0.29) is 12.1 Å². The molecular formula is C31H32N4O2. The van der Waals surface area contributed by atoms with E-state index in [0.29, 0.717) is 18.3 Å². The van der Waals surface area contributed by atoms with E-state index in [1.54, 1.807) is 4.90 Å². The minimum atomic E-state index is -0.380. The summed E-state index contributed by atoms with van der Waals surface area (Å²) in [5, 5.41) is 7.48. The molecule has 1 N–H and O–H groups in total. The predicted octanol–water partition coefficient (Wildman–Crippen LogP) is 6.74. The van der Waals surface area contributed by atoms with Gasteiger partial charge in [-0.3, -0.25) is 4.90 Å². The van der Waals surface area contributed by atoms with Crippen LogP contribution in [0, 0.1) is 6.92 Å². The van der Waals surface area contributed by atoms with Crippen LogP contribution in [0.25, 0.3) is 17.0 Å². The van der Waals surface area contributed by atoms with Gasteiger partial charge in [-0.05, 0) is 49.8 Å². The van der Waals surface area contributed by atoms with Crippen molar-refractivity contribution in [3.63, 3.8) is 0 Å². The number of carbonyl (C=O) groups is 1. The molecule has 0 aliphatic carbocycles. The van der Waals surface area contributed by atoms with E-state index >= 15 is 0 Å². The van der Waals surface area contributed by atoms with Crippen LogP contribution in [0.4, 0.5) is 4.79 Å². The van der Waals surface area contributed by atoms with Crippen LogP contribution in [0.15, 0.2) is 89.1 Å². The molecule has 2 heterocycles. The molecule has 1 aliphatic heterocycles. The highest BCUT2D eigenvalue weighted by atomic mass is 16.5. The molecule has 188 valence electrons. The van der Waals surface area contributed by atoms with Gasteiger partial charge in [-0.25, -0.2) is 4.79 Å². The largest absolute Gasteiger partial charge is 0.334 e. The van der Waals surface area contributed by atoms with Gasteiger partial charge in [0.2, 0.25) is 5.82 Å². The molecule has 6 heteroatoms. The van der Waals surface area contributed by atoms with Crippen LogP contribution in [-0.2, 0) is 12.8 Å². The van der Waals surface area contributed by atoms with Crippen molar-refractivity contribution in [3.05, 3.63) is 113 Å². The minimum Gasteiger partial charge on any atom is -0.334 e. The van der Waals surface area contributed by atoms with Crippen molar-refractivity contribution in [2.75, 3.05) is 6.54 Å². The minimum absolute atomic E-state index is 0.114. The summed E-state index contributed by atoms with van der Waals surface area (Å²) < 4.78 is 5.82. The first-order valence-electron chi connectivity index (χ1n) is 12.9. The van der Waals surface area contributed by atoms with Gasteiger partial charge in [0, 0.05) is 17.8 Å². The molecule has 37 heavy (non-hydrogen) atoms. The smallest absolute Gasteiger partial charge is 0.322 e. The fourth-order valence-electron chi connectivity index (χ4n) is 4.76. The maximum absolute atomic E-state index is 13.3. The van der Waals surface area contributed by atoms with Crippen molar-refractivity contribution >= 4 is 11.6 Å². The first kappa shape index (κ1) is 24.5. The normalized spacial score (nSPS) is 15.7. The van der Waals surface area contributed by atoms with Crippen LogP contribution >= 0.6 is 0 Å². The van der Waals surface area contributed by atoms with Gasteiger partial charge < -0.3 is 9.84 Å². The van der Waals surface area contributed by atoms with E-state index in [9.17, 15) is 4.79 Å². The van der Waals surface area contributed by atoms with Crippen molar-refractivity contribution in [2.45, 2.75) is 46.1 Å². The number of amides is 2. The topological polar surface area (TPSA) is 71.3 Å². The molecule has 0 saturated carbocycles. The fourth-order valence-corrected chi connectivity index (χ4v) is 4.76. The lowest BCUT2D eigenvalue weighted by Gasteiger charge is -2.35. The maximum Gasteiger partial charge on any atom is 0.322 e. The Morgan fingerprint density at radius 3 is 2.35 bits per heavy atom. The Bertz CT molecular complexity index is 1390. The third-order valence-electron chi connectivity index (χ3n) is 6.97. The molecule has 0 radical (unpaired) electrons. The van der Waals surface area contributed by atoms with Gasteiger partial charge in [0.25, 0.3) is 5.89 Å². The van der Waals surface area contributed by atoms with Crippen molar-refractivity contribution in [1.82, 2.24) is 20.4 Å². The Balaban J connectivity index is 1.49. The molecule has 1 unspecified atom stereocenters. The van der Waals surface area contributed by atoms with Gasteiger partial charge in [0.05, 0.1) is 11.6 Å². The molecule has 5 rings (SSSR count). The van der Waals surface area contributed by atoms with Crippen LogP contribution in [0.1, 0.15) is 54.5 Å². The Morgan fingerprint density at radius 1 is 0.919 bits per heavy atom. The average Bonchev–Trinajstić information content (AvgIpc) is 3.41. The molecule has 2 amide bonds. The molecule has 1 aromatic heterocycles. The van der Waals surface area contributed by atoms with E-state index in [1.807, 2.05) is 56.3 Å². The number of rotatable bonds is 8. The predicted molar refractivity (Wildman–Crippen MR) is 146 cm³/mol. The number of nitrogens with one attached hydrogen (secondary N) is 1. The standard InChI is InChI=1S/C31H32N4O2/c1-4-23-14-18-25(19-15-23)28-27(30-33-29(34-37-30)26-16-12-21(2)13-17-26)22(3)35(31(36)32-28)20-8-11-24-9-6-5-7-10-24/h5-7,9-10,12-19,28H,4,8,11,20H2,1-3H3,(H,32,36). The zero-order valence-electron chi connectivity index (χ0n) is 21.6. The van der Waals surface area contributed by atoms with Crippen LogP contribution in [0.2, 0.25) is 0 Å². The lowest BCUT2D eigenvalue weighted by Crippen LogP contribution is -2.46. The zero-order valence-corrected chi connectivity index (χ0v) is 21.6. The first-order valence-corrected chi connectivity index (χ1v) is 12.9. The fraction of sp³-hybridized carbons (Fsp3) is 0.258. The third-order valence-corrected chi connectivity index (χ3v) is 6.97. The van der Waals surface area contributed by atoms with E-state index in [2.05, 4.69) is 53.8 Å². The number of allylic oxidation sites excluding steroid dienone is 1. The number of aryl methyl sites for hydroxylation is 3. The molecule has 0 saturated heterocycles. The number of nitrogens with zero attached hydrogens (tertiary/aromatic N) is 3. The SMILES string of the molecule is CCc1ccc(C2NC(=O)N(CCCc3ccccc3)C(C)=C2c2nc(-c3ccc(C)cc3)no2)cc1. The first-order chi connectivity index (χ1) is 18.0. The van der Waals surface area contributed by atoms with Crippen LogP contribution < -0.4 is 5.32 Å². The summed E-state index contributed by atoms with van der Waals surface area (Å²) in [5.74, 6) is 0.952. The summed E-state index contributed by atoms with van der Waals surface area (Å²) >= 11 is 0. The van der Waals surface area contributed by atoms with Gasteiger partial charge in [-0.2, -0.15) is 4.98 Å². The number of urea groups is 1. The summed E-state index contributed by atoms with van der Waals surface area (Å²) in [6, 6.07) is 26.2. The van der Waals surface area contributed by atoms with Crippen LogP contribution in [-0.4, -0.2) is 27.6 Å². The number of benzene rings is 3. The van der Waals surface area contributed by atoms with E-state index in [0.717, 1.165) is 41.7 Å². The average molecular weight is 493 g/mol. The quantitative estimate of drug-likeness (QED) is 0.296. The number of carbonyl (C=O) groups excluding carboxylic acids is 1. The van der Waals surface area contributed by atoms with Gasteiger partial charge in [0.1, 0.15) is 0 Å². The summed E-state index contributed by atoms with van der Waals surface area (Å²) in [6.45, 7) is 6.74. The van der Waals surface area contributed by atoms with Gasteiger partial charge in [0.15, 0.2) is 0 Å². The van der Waals surface area contributed by atoms with Gasteiger partial charge >= 0.3 is 6.03 Å². The Hall–Kier alpha value is -4.19. The second-order valence-electron chi connectivity index (χ2n) is 9.51. The second-order valence-corrected chi connectivity index (χ2v) is 9.51. The molecule has 3 aromatic carbocycles. The number of hydrogen-bond acceptors (Lipinski definition) is 4. The van der Waals surface area contributed by atoms with Crippen molar-refractivity contribution < 1.29 is 9.32 Å². The Kier molecular flexibility index (Phi) is 7.17. The summed E-state index contributed by atoms with van der Waals surface area (Å²) in [6.07, 6.45) is 2.70. The molecule has 4 aromatic rings. The lowest BCUT2D eigenvalue weighted by molar-refractivity contribution is 0.204. The second kappa shape index (κ2) is 10.8. The van der Waals surface area contributed by atoms with Crippen LogP contribution in [0.5, 0.6) is 0 Å². The van der Waals surface area contributed by atoms with E-state index in [1.165, 1.54) is 16.7 Å². The summed E-state index contributed by atoms with van der Waals surface area (Å²) in [5.41, 5.74) is 7.21. The Morgan fingerprint density at radius 2 is 1.65 bits per heavy atom. The van der Waals surface area contributed by atoms with Crippen molar-refractivity contribution in [3.8, 4) is 11.4 Å². The third kappa shape index (κ3) is 5.33. The molecule has 0 bridgehead atoms.